The third kappa shape index (κ3) is 3.82. The molecule has 0 unspecified atom stereocenters. The van der Waals surface area contributed by atoms with Crippen molar-refractivity contribution in [3.63, 3.8) is 0 Å². The fourth-order valence-electron chi connectivity index (χ4n) is 2.77. The smallest absolute Gasteiger partial charge is 0.251 e. The molecule has 8 heteroatoms. The van der Waals surface area contributed by atoms with Crippen molar-refractivity contribution in [3.05, 3.63) is 29.3 Å². The Morgan fingerprint density at radius 1 is 1.30 bits per heavy atom. The molecule has 2 N–H and O–H groups in total. The molecule has 0 fully saturated rings. The van der Waals surface area contributed by atoms with Crippen LogP contribution in [0.3, 0.4) is 0 Å². The van der Waals surface area contributed by atoms with E-state index in [2.05, 4.69) is 10.6 Å². The van der Waals surface area contributed by atoms with Crippen molar-refractivity contribution in [2.75, 3.05) is 23.7 Å². The number of rotatable bonds is 5. The minimum atomic E-state index is -3.35. The summed E-state index contributed by atoms with van der Waals surface area (Å²) in [4.78, 5) is 23.5. The highest BCUT2D eigenvalue weighted by Crippen LogP contribution is 2.34. The molecule has 2 rings (SSSR count). The van der Waals surface area contributed by atoms with Crippen molar-refractivity contribution in [2.24, 2.45) is 0 Å². The van der Waals surface area contributed by atoms with E-state index in [0.29, 0.717) is 24.2 Å². The molecule has 126 valence electrons. The first kappa shape index (κ1) is 17.3. The maximum atomic E-state index is 12.1. The van der Waals surface area contributed by atoms with Gasteiger partial charge in [0.05, 0.1) is 18.5 Å². The second-order valence-corrected chi connectivity index (χ2v) is 7.45. The standard InChI is InChI=1S/C15H21N3O4S/c1-4-16-14(19)9-17-15(20)11-5-6-13-12(8-11)7-10(2)18(13)23(3,21)22/h5-6,8,10H,4,7,9H2,1-3H3,(H,16,19)(H,17,20)/t10-/m1/s1. The monoisotopic (exact) mass is 339 g/mol. The van der Waals surface area contributed by atoms with Crippen LogP contribution in [0.4, 0.5) is 5.69 Å². The molecule has 0 bridgehead atoms. The summed E-state index contributed by atoms with van der Waals surface area (Å²) < 4.78 is 25.1. The lowest BCUT2D eigenvalue weighted by Gasteiger charge is -2.21. The largest absolute Gasteiger partial charge is 0.355 e. The number of carbonyl (C=O) groups is 2. The molecular weight excluding hydrogens is 318 g/mol. The Kier molecular flexibility index (Phi) is 4.93. The fraction of sp³-hybridized carbons (Fsp3) is 0.467. The lowest BCUT2D eigenvalue weighted by Crippen LogP contribution is -2.36. The number of nitrogens with one attached hydrogen (secondary N) is 2. The highest BCUT2D eigenvalue weighted by molar-refractivity contribution is 7.92. The number of hydrogen-bond donors (Lipinski definition) is 2. The lowest BCUT2D eigenvalue weighted by atomic mass is 10.1. The molecule has 2 amide bonds. The topological polar surface area (TPSA) is 95.6 Å². The van der Waals surface area contributed by atoms with E-state index < -0.39 is 10.0 Å². The number of hydrogen-bond acceptors (Lipinski definition) is 4. The second-order valence-electron chi connectivity index (χ2n) is 5.59. The summed E-state index contributed by atoms with van der Waals surface area (Å²) in [5.74, 6) is -0.608. The average Bonchev–Trinajstić information content (AvgIpc) is 2.79. The first-order valence-electron chi connectivity index (χ1n) is 7.41. The van der Waals surface area contributed by atoms with E-state index in [4.69, 9.17) is 0 Å². The van der Waals surface area contributed by atoms with Gasteiger partial charge in [-0.25, -0.2) is 8.42 Å². The Labute approximate surface area is 136 Å². The van der Waals surface area contributed by atoms with Crippen LogP contribution in [0.25, 0.3) is 0 Å². The Morgan fingerprint density at radius 2 is 2.00 bits per heavy atom. The molecular formula is C15H21N3O4S. The van der Waals surface area contributed by atoms with Gasteiger partial charge in [-0.2, -0.15) is 0 Å². The van der Waals surface area contributed by atoms with Gasteiger partial charge >= 0.3 is 0 Å². The summed E-state index contributed by atoms with van der Waals surface area (Å²) in [6, 6.07) is 4.72. The molecule has 1 heterocycles. The molecule has 1 atom stereocenters. The second kappa shape index (κ2) is 6.57. The number of nitrogens with zero attached hydrogens (tertiary/aromatic N) is 1. The van der Waals surface area contributed by atoms with Gasteiger partial charge in [-0.05, 0) is 44.0 Å². The zero-order valence-electron chi connectivity index (χ0n) is 13.4. The van der Waals surface area contributed by atoms with Crippen LogP contribution in [0.15, 0.2) is 18.2 Å². The van der Waals surface area contributed by atoms with Crippen LogP contribution in [0.1, 0.15) is 29.8 Å². The van der Waals surface area contributed by atoms with E-state index in [0.717, 1.165) is 5.56 Å². The van der Waals surface area contributed by atoms with Gasteiger partial charge in [0.25, 0.3) is 5.91 Å². The molecule has 0 aromatic heterocycles. The minimum Gasteiger partial charge on any atom is -0.355 e. The Bertz CT molecular complexity index is 730. The first-order valence-corrected chi connectivity index (χ1v) is 9.26. The SMILES string of the molecule is CCNC(=O)CNC(=O)c1ccc2c(c1)C[C@@H](C)N2S(C)(=O)=O. The summed E-state index contributed by atoms with van der Waals surface area (Å²) in [5, 5.41) is 5.14. The molecule has 1 aliphatic rings. The van der Waals surface area contributed by atoms with Gasteiger partial charge in [0, 0.05) is 18.2 Å². The number of benzene rings is 1. The minimum absolute atomic E-state index is 0.0877. The van der Waals surface area contributed by atoms with Gasteiger partial charge in [-0.1, -0.05) is 0 Å². The van der Waals surface area contributed by atoms with E-state index in [9.17, 15) is 18.0 Å². The van der Waals surface area contributed by atoms with Gasteiger partial charge < -0.3 is 10.6 Å². The number of carbonyl (C=O) groups excluding carboxylic acids is 2. The van der Waals surface area contributed by atoms with Gasteiger partial charge in [-0.15, -0.1) is 0 Å². The third-order valence-electron chi connectivity index (χ3n) is 3.64. The van der Waals surface area contributed by atoms with Crippen LogP contribution in [-0.4, -0.2) is 45.6 Å². The number of sulfonamides is 1. The molecule has 0 radical (unpaired) electrons. The van der Waals surface area contributed by atoms with E-state index >= 15 is 0 Å². The van der Waals surface area contributed by atoms with Crippen molar-refractivity contribution in [1.82, 2.24) is 10.6 Å². The number of anilines is 1. The van der Waals surface area contributed by atoms with Crippen molar-refractivity contribution < 1.29 is 18.0 Å². The molecule has 1 aromatic carbocycles. The third-order valence-corrected chi connectivity index (χ3v) is 4.91. The zero-order chi connectivity index (χ0) is 17.2. The van der Waals surface area contributed by atoms with Crippen LogP contribution in [0.2, 0.25) is 0 Å². The van der Waals surface area contributed by atoms with Crippen LogP contribution < -0.4 is 14.9 Å². The highest BCUT2D eigenvalue weighted by Gasteiger charge is 2.32. The Balaban J connectivity index is 2.15. The zero-order valence-corrected chi connectivity index (χ0v) is 14.2. The van der Waals surface area contributed by atoms with Crippen molar-refractivity contribution in [1.29, 1.82) is 0 Å². The molecule has 0 aliphatic carbocycles. The molecule has 23 heavy (non-hydrogen) atoms. The Morgan fingerprint density at radius 3 is 2.61 bits per heavy atom. The van der Waals surface area contributed by atoms with E-state index in [-0.39, 0.29) is 24.4 Å². The van der Waals surface area contributed by atoms with Crippen LogP contribution in [-0.2, 0) is 21.2 Å². The van der Waals surface area contributed by atoms with Crippen LogP contribution in [0.5, 0.6) is 0 Å². The lowest BCUT2D eigenvalue weighted by molar-refractivity contribution is -0.120. The number of amides is 2. The van der Waals surface area contributed by atoms with Crippen LogP contribution in [0, 0.1) is 0 Å². The average molecular weight is 339 g/mol. The summed E-state index contributed by atoms with van der Waals surface area (Å²) >= 11 is 0. The van der Waals surface area contributed by atoms with Crippen molar-refractivity contribution in [3.8, 4) is 0 Å². The van der Waals surface area contributed by atoms with E-state index in [1.54, 1.807) is 25.1 Å². The number of likely N-dealkylation sites (N-methyl/N-ethyl adjacent to an activating group) is 1. The highest BCUT2D eigenvalue weighted by atomic mass is 32.2. The molecule has 1 aliphatic heterocycles. The van der Waals surface area contributed by atoms with Gasteiger partial charge in [0.15, 0.2) is 0 Å². The van der Waals surface area contributed by atoms with Crippen LogP contribution >= 0.6 is 0 Å². The molecule has 0 spiro atoms. The normalized spacial score (nSPS) is 16.8. The molecule has 0 saturated carbocycles. The van der Waals surface area contributed by atoms with E-state index in [1.165, 1.54) is 10.6 Å². The maximum Gasteiger partial charge on any atom is 0.251 e. The maximum absolute atomic E-state index is 12.1. The fourth-order valence-corrected chi connectivity index (χ4v) is 4.04. The van der Waals surface area contributed by atoms with Gasteiger partial charge in [0.2, 0.25) is 15.9 Å². The van der Waals surface area contributed by atoms with Gasteiger partial charge in [-0.3, -0.25) is 13.9 Å². The summed E-state index contributed by atoms with van der Waals surface area (Å²) in [6.07, 6.45) is 1.73. The van der Waals surface area contributed by atoms with E-state index in [1.807, 2.05) is 6.92 Å². The van der Waals surface area contributed by atoms with Crippen molar-refractivity contribution in [2.45, 2.75) is 26.3 Å². The predicted octanol–water partition coefficient (Wildman–Crippen LogP) is 0.263. The number of fused-ring (bicyclic) bond motifs is 1. The molecule has 7 nitrogen and oxygen atoms in total. The summed E-state index contributed by atoms with van der Waals surface area (Å²) in [6.45, 7) is 4.05. The van der Waals surface area contributed by atoms with Gasteiger partial charge in [0.1, 0.15) is 0 Å². The van der Waals surface area contributed by atoms with Crippen molar-refractivity contribution >= 4 is 27.5 Å². The summed E-state index contributed by atoms with van der Waals surface area (Å²) in [7, 11) is -3.35. The predicted molar refractivity (Wildman–Crippen MR) is 87.9 cm³/mol. The quantitative estimate of drug-likeness (QED) is 0.804. The first-order chi connectivity index (χ1) is 10.7. The molecule has 1 aromatic rings. The molecule has 0 saturated heterocycles. The Hall–Kier alpha value is -2.09. The summed E-state index contributed by atoms with van der Waals surface area (Å²) in [5.41, 5.74) is 1.84.